The molecule has 0 unspecified atom stereocenters. The Balaban J connectivity index is 2.11. The van der Waals surface area contributed by atoms with Gasteiger partial charge in [0.05, 0.1) is 15.6 Å². The van der Waals surface area contributed by atoms with Crippen LogP contribution in [0.25, 0.3) is 0 Å². The molecule has 6 nitrogen and oxygen atoms in total. The van der Waals surface area contributed by atoms with Gasteiger partial charge in [-0.1, -0.05) is 11.6 Å². The quantitative estimate of drug-likeness (QED) is 0.815. The molecular formula is C15H14ClFN2O4S. The molecule has 1 amide bonds. The Morgan fingerprint density at radius 1 is 1.21 bits per heavy atom. The summed E-state index contributed by atoms with van der Waals surface area (Å²) in [6, 6.07) is 9.01. The van der Waals surface area contributed by atoms with E-state index in [0.29, 0.717) is 5.75 Å². The first kappa shape index (κ1) is 18.0. The first-order chi connectivity index (χ1) is 11.3. The fraction of sp³-hybridized carbons (Fsp3) is 0.133. The zero-order valence-electron chi connectivity index (χ0n) is 12.5. The maximum atomic E-state index is 13.1. The molecule has 0 aliphatic heterocycles. The van der Waals surface area contributed by atoms with Crippen molar-refractivity contribution in [2.75, 3.05) is 18.4 Å². The molecule has 2 N–H and O–H groups in total. The van der Waals surface area contributed by atoms with E-state index in [4.69, 9.17) is 16.3 Å². The molecule has 0 radical (unpaired) electrons. The van der Waals surface area contributed by atoms with Crippen LogP contribution in [0.15, 0.2) is 47.4 Å². The Morgan fingerprint density at radius 3 is 2.46 bits per heavy atom. The fourth-order valence-electron chi connectivity index (χ4n) is 1.71. The number of carbonyl (C=O) groups is 1. The van der Waals surface area contributed by atoms with Crippen molar-refractivity contribution in [3.63, 3.8) is 0 Å². The molecule has 2 aromatic rings. The molecule has 128 valence electrons. The zero-order valence-corrected chi connectivity index (χ0v) is 14.1. The Hall–Kier alpha value is -2.32. The molecule has 0 atom stereocenters. The van der Waals surface area contributed by atoms with Crippen molar-refractivity contribution in [2.24, 2.45) is 0 Å². The lowest BCUT2D eigenvalue weighted by atomic mass is 10.3. The van der Waals surface area contributed by atoms with Crippen LogP contribution in [-0.2, 0) is 14.8 Å². The number of ether oxygens (including phenoxy) is 1. The van der Waals surface area contributed by atoms with Gasteiger partial charge in [0, 0.05) is 7.05 Å². The first-order valence-electron chi connectivity index (χ1n) is 6.73. The number of carbonyl (C=O) groups excluding carboxylic acids is 1. The highest BCUT2D eigenvalue weighted by Crippen LogP contribution is 2.23. The van der Waals surface area contributed by atoms with Crippen LogP contribution >= 0.6 is 11.6 Å². The molecule has 0 spiro atoms. The average molecular weight is 373 g/mol. The number of hydrogen-bond acceptors (Lipinski definition) is 4. The van der Waals surface area contributed by atoms with E-state index in [2.05, 4.69) is 10.0 Å². The van der Waals surface area contributed by atoms with E-state index in [1.807, 2.05) is 0 Å². The number of nitrogens with one attached hydrogen (secondary N) is 2. The van der Waals surface area contributed by atoms with Crippen molar-refractivity contribution in [1.82, 2.24) is 5.32 Å². The second-order valence-electron chi connectivity index (χ2n) is 4.67. The summed E-state index contributed by atoms with van der Waals surface area (Å²) in [7, 11) is -2.38. The highest BCUT2D eigenvalue weighted by Gasteiger charge is 2.15. The lowest BCUT2D eigenvalue weighted by Crippen LogP contribution is -2.24. The summed E-state index contributed by atoms with van der Waals surface area (Å²) >= 11 is 5.62. The van der Waals surface area contributed by atoms with Gasteiger partial charge in [-0.25, -0.2) is 12.8 Å². The molecule has 2 aromatic carbocycles. The molecule has 0 fully saturated rings. The Labute approximate surface area is 143 Å². The third kappa shape index (κ3) is 4.59. The number of likely N-dealkylation sites (N-methyl/N-ethyl adjacent to an activating group) is 1. The van der Waals surface area contributed by atoms with Gasteiger partial charge in [-0.05, 0) is 42.5 Å². The Morgan fingerprint density at radius 2 is 1.88 bits per heavy atom. The van der Waals surface area contributed by atoms with Crippen molar-refractivity contribution < 1.29 is 22.3 Å². The summed E-state index contributed by atoms with van der Waals surface area (Å²) < 4.78 is 45.1. The molecule has 0 aliphatic rings. The molecule has 0 saturated heterocycles. The minimum Gasteiger partial charge on any atom is -0.484 e. The van der Waals surface area contributed by atoms with Crippen LogP contribution in [0, 0.1) is 5.82 Å². The molecule has 0 aromatic heterocycles. The largest absolute Gasteiger partial charge is 0.484 e. The second kappa shape index (κ2) is 7.50. The minimum atomic E-state index is -3.86. The molecule has 0 bridgehead atoms. The van der Waals surface area contributed by atoms with Gasteiger partial charge in [-0.15, -0.1) is 0 Å². The number of sulfonamides is 1. The number of amides is 1. The number of rotatable bonds is 6. The average Bonchev–Trinajstić information content (AvgIpc) is 2.56. The predicted octanol–water partition coefficient (Wildman–Crippen LogP) is 2.40. The minimum absolute atomic E-state index is 0.0183. The van der Waals surface area contributed by atoms with E-state index in [0.717, 1.165) is 6.07 Å². The highest BCUT2D eigenvalue weighted by atomic mass is 35.5. The van der Waals surface area contributed by atoms with Crippen LogP contribution < -0.4 is 14.8 Å². The standard InChI is InChI=1S/C15H14ClFN2O4S/c1-18-15(20)9-23-11-3-5-12(6-4-11)24(21,22)19-10-2-7-14(17)13(16)8-10/h2-8,19H,9H2,1H3,(H,18,20). The topological polar surface area (TPSA) is 84.5 Å². The van der Waals surface area contributed by atoms with Gasteiger partial charge in [0.25, 0.3) is 15.9 Å². The van der Waals surface area contributed by atoms with E-state index in [1.165, 1.54) is 43.4 Å². The van der Waals surface area contributed by atoms with E-state index < -0.39 is 15.8 Å². The lowest BCUT2D eigenvalue weighted by Gasteiger charge is -2.10. The Kier molecular flexibility index (Phi) is 5.63. The molecular weight excluding hydrogens is 359 g/mol. The summed E-state index contributed by atoms with van der Waals surface area (Å²) in [6.45, 7) is -0.172. The summed E-state index contributed by atoms with van der Waals surface area (Å²) in [4.78, 5) is 11.1. The van der Waals surface area contributed by atoms with Crippen molar-refractivity contribution in [1.29, 1.82) is 0 Å². The van der Waals surface area contributed by atoms with Gasteiger partial charge >= 0.3 is 0 Å². The SMILES string of the molecule is CNC(=O)COc1ccc(S(=O)(=O)Nc2ccc(F)c(Cl)c2)cc1. The van der Waals surface area contributed by atoms with Gasteiger partial charge in [0.2, 0.25) is 0 Å². The maximum absolute atomic E-state index is 13.1. The Bertz CT molecular complexity index is 841. The number of anilines is 1. The number of halogens is 2. The predicted molar refractivity (Wildman–Crippen MR) is 88.2 cm³/mol. The van der Waals surface area contributed by atoms with Crippen LogP contribution in [0.1, 0.15) is 0 Å². The zero-order chi connectivity index (χ0) is 17.7. The van der Waals surface area contributed by atoms with Crippen LogP contribution in [0.4, 0.5) is 10.1 Å². The van der Waals surface area contributed by atoms with Crippen LogP contribution in [0.5, 0.6) is 5.75 Å². The summed E-state index contributed by atoms with van der Waals surface area (Å²) in [5, 5.41) is 2.21. The monoisotopic (exact) mass is 372 g/mol. The summed E-state index contributed by atoms with van der Waals surface area (Å²) in [5.41, 5.74) is 0.140. The van der Waals surface area contributed by atoms with Crippen LogP contribution in [0.3, 0.4) is 0 Å². The molecule has 9 heteroatoms. The van der Waals surface area contributed by atoms with Gasteiger partial charge in [0.1, 0.15) is 11.6 Å². The van der Waals surface area contributed by atoms with Crippen molar-refractivity contribution in [2.45, 2.75) is 4.90 Å². The van der Waals surface area contributed by atoms with Gasteiger partial charge in [-0.2, -0.15) is 0 Å². The summed E-state index contributed by atoms with van der Waals surface area (Å²) in [6.07, 6.45) is 0. The molecule has 0 aliphatic carbocycles. The van der Waals surface area contributed by atoms with Gasteiger partial charge < -0.3 is 10.1 Å². The van der Waals surface area contributed by atoms with Crippen molar-refractivity contribution in [3.05, 3.63) is 53.3 Å². The van der Waals surface area contributed by atoms with Crippen molar-refractivity contribution >= 4 is 33.2 Å². The lowest BCUT2D eigenvalue weighted by molar-refractivity contribution is -0.122. The van der Waals surface area contributed by atoms with E-state index in [1.54, 1.807) is 0 Å². The molecule has 2 rings (SSSR count). The second-order valence-corrected chi connectivity index (χ2v) is 6.76. The number of benzene rings is 2. The van der Waals surface area contributed by atoms with Crippen LogP contribution in [0.2, 0.25) is 5.02 Å². The molecule has 0 saturated carbocycles. The third-order valence-electron chi connectivity index (χ3n) is 2.95. The van der Waals surface area contributed by atoms with Gasteiger partial charge in [0.15, 0.2) is 6.61 Å². The van der Waals surface area contributed by atoms with Crippen LogP contribution in [-0.4, -0.2) is 28.0 Å². The van der Waals surface area contributed by atoms with E-state index in [-0.39, 0.29) is 28.1 Å². The highest BCUT2D eigenvalue weighted by molar-refractivity contribution is 7.92. The first-order valence-corrected chi connectivity index (χ1v) is 8.59. The smallest absolute Gasteiger partial charge is 0.261 e. The maximum Gasteiger partial charge on any atom is 0.261 e. The normalized spacial score (nSPS) is 11.0. The third-order valence-corrected chi connectivity index (χ3v) is 4.64. The molecule has 0 heterocycles. The van der Waals surface area contributed by atoms with E-state index >= 15 is 0 Å². The summed E-state index contributed by atoms with van der Waals surface area (Å²) in [5.74, 6) is -0.596. The van der Waals surface area contributed by atoms with Gasteiger partial charge in [-0.3, -0.25) is 9.52 Å². The fourth-order valence-corrected chi connectivity index (χ4v) is 2.94. The number of hydrogen-bond donors (Lipinski definition) is 2. The van der Waals surface area contributed by atoms with Crippen molar-refractivity contribution in [3.8, 4) is 5.75 Å². The molecule has 24 heavy (non-hydrogen) atoms. The van der Waals surface area contributed by atoms with E-state index in [9.17, 15) is 17.6 Å².